The van der Waals surface area contributed by atoms with Gasteiger partial charge in [-0.1, -0.05) is 48.5 Å². The number of esters is 1. The van der Waals surface area contributed by atoms with E-state index in [2.05, 4.69) is 10.0 Å². The monoisotopic (exact) mass is 463 g/mol. The Hall–Kier alpha value is -4.00. The molecule has 0 aliphatic heterocycles. The van der Waals surface area contributed by atoms with Crippen molar-refractivity contribution in [1.82, 2.24) is 4.72 Å². The summed E-state index contributed by atoms with van der Waals surface area (Å²) in [5.74, 6) is -1.38. The highest BCUT2D eigenvalue weighted by Gasteiger charge is 2.17. The summed E-state index contributed by atoms with van der Waals surface area (Å²) < 4.78 is 32.6. The smallest absolute Gasteiger partial charge is 0.338 e. The molecule has 1 amide bonds. The summed E-state index contributed by atoms with van der Waals surface area (Å²) in [5.41, 5.74) is 2.11. The Morgan fingerprint density at radius 1 is 0.909 bits per heavy atom. The molecule has 0 aromatic heterocycles. The number of nitriles is 1. The summed E-state index contributed by atoms with van der Waals surface area (Å²) in [5, 5.41) is 11.3. The molecule has 0 saturated carbocycles. The molecule has 3 rings (SSSR count). The number of sulfonamides is 1. The Balaban J connectivity index is 1.56. The number of carbonyl (C=O) groups is 2. The zero-order valence-corrected chi connectivity index (χ0v) is 18.3. The molecule has 0 aliphatic rings. The van der Waals surface area contributed by atoms with Crippen molar-refractivity contribution in [3.05, 3.63) is 95.6 Å². The molecule has 0 spiro atoms. The first-order valence-corrected chi connectivity index (χ1v) is 11.4. The molecule has 168 valence electrons. The molecule has 0 saturated heterocycles. The molecule has 0 unspecified atom stereocenters. The Morgan fingerprint density at radius 2 is 1.64 bits per heavy atom. The van der Waals surface area contributed by atoms with Crippen molar-refractivity contribution in [3.63, 3.8) is 0 Å². The van der Waals surface area contributed by atoms with E-state index in [0.29, 0.717) is 5.69 Å². The van der Waals surface area contributed by atoms with E-state index in [1.807, 2.05) is 12.1 Å². The van der Waals surface area contributed by atoms with Gasteiger partial charge in [-0.05, 0) is 41.5 Å². The molecule has 8 nitrogen and oxygen atoms in total. The average Bonchev–Trinajstić information content (AvgIpc) is 2.83. The van der Waals surface area contributed by atoms with E-state index in [1.165, 1.54) is 24.3 Å². The molecule has 0 radical (unpaired) electrons. The minimum atomic E-state index is -3.85. The zero-order valence-electron chi connectivity index (χ0n) is 17.5. The summed E-state index contributed by atoms with van der Waals surface area (Å²) in [6, 6.07) is 23.2. The van der Waals surface area contributed by atoms with Gasteiger partial charge in [-0.3, -0.25) is 4.79 Å². The van der Waals surface area contributed by atoms with Gasteiger partial charge in [0.2, 0.25) is 10.0 Å². The van der Waals surface area contributed by atoms with Crippen molar-refractivity contribution in [2.45, 2.75) is 17.9 Å². The lowest BCUT2D eigenvalue weighted by Gasteiger charge is -2.09. The first kappa shape index (κ1) is 23.7. The molecule has 0 aliphatic carbocycles. The standard InChI is InChI=1S/C24H21N3O5S/c25-14-13-18-9-11-21(12-10-18)27-23(28)17-32-24(29)20-7-4-8-22(15-20)33(30,31)26-16-19-5-2-1-3-6-19/h1-12,15,26H,13,16-17H2,(H,27,28). The van der Waals surface area contributed by atoms with Crippen molar-refractivity contribution in [2.24, 2.45) is 0 Å². The third-order valence-corrected chi connectivity index (χ3v) is 5.94. The van der Waals surface area contributed by atoms with Gasteiger partial charge in [-0.25, -0.2) is 17.9 Å². The molecule has 0 atom stereocenters. The maximum absolute atomic E-state index is 12.6. The number of carbonyl (C=O) groups excluding carboxylic acids is 2. The van der Waals surface area contributed by atoms with Crippen LogP contribution >= 0.6 is 0 Å². The lowest BCUT2D eigenvalue weighted by molar-refractivity contribution is -0.119. The van der Waals surface area contributed by atoms with E-state index in [0.717, 1.165) is 11.1 Å². The molecule has 33 heavy (non-hydrogen) atoms. The first-order chi connectivity index (χ1) is 15.9. The van der Waals surface area contributed by atoms with Crippen LogP contribution in [0.25, 0.3) is 0 Å². The van der Waals surface area contributed by atoms with Gasteiger partial charge >= 0.3 is 5.97 Å². The van der Waals surface area contributed by atoms with Crippen molar-refractivity contribution in [1.29, 1.82) is 5.26 Å². The number of hydrogen-bond acceptors (Lipinski definition) is 6. The fraction of sp³-hybridized carbons (Fsp3) is 0.125. The minimum absolute atomic E-state index is 0.00578. The number of nitrogens with one attached hydrogen (secondary N) is 2. The molecular formula is C24H21N3O5S. The number of nitrogens with zero attached hydrogens (tertiary/aromatic N) is 1. The maximum atomic E-state index is 12.6. The molecule has 0 fully saturated rings. The van der Waals surface area contributed by atoms with Crippen LogP contribution in [0.2, 0.25) is 0 Å². The second-order valence-electron chi connectivity index (χ2n) is 6.99. The van der Waals surface area contributed by atoms with Gasteiger partial charge in [0.15, 0.2) is 6.61 Å². The van der Waals surface area contributed by atoms with Crippen LogP contribution in [0.15, 0.2) is 83.8 Å². The van der Waals surface area contributed by atoms with Crippen LogP contribution in [0.5, 0.6) is 0 Å². The second kappa shape index (κ2) is 11.0. The quantitative estimate of drug-likeness (QED) is 0.470. The predicted molar refractivity (Wildman–Crippen MR) is 122 cm³/mol. The molecule has 0 heterocycles. The van der Waals surface area contributed by atoms with Crippen LogP contribution < -0.4 is 10.0 Å². The molecule has 2 N–H and O–H groups in total. The van der Waals surface area contributed by atoms with Gasteiger partial charge in [0.25, 0.3) is 5.91 Å². The van der Waals surface area contributed by atoms with Gasteiger partial charge < -0.3 is 10.1 Å². The van der Waals surface area contributed by atoms with Crippen LogP contribution in [0, 0.1) is 11.3 Å². The highest BCUT2D eigenvalue weighted by Crippen LogP contribution is 2.14. The van der Waals surface area contributed by atoms with Crippen LogP contribution in [0.3, 0.4) is 0 Å². The highest BCUT2D eigenvalue weighted by atomic mass is 32.2. The largest absolute Gasteiger partial charge is 0.452 e. The fourth-order valence-electron chi connectivity index (χ4n) is 2.86. The van der Waals surface area contributed by atoms with Gasteiger partial charge in [-0.2, -0.15) is 5.26 Å². The van der Waals surface area contributed by atoms with Crippen LogP contribution in [0.4, 0.5) is 5.69 Å². The Labute approximate surface area is 191 Å². The van der Waals surface area contributed by atoms with Crippen molar-refractivity contribution < 1.29 is 22.7 Å². The Kier molecular flexibility index (Phi) is 7.91. The maximum Gasteiger partial charge on any atom is 0.338 e. The van der Waals surface area contributed by atoms with Crippen LogP contribution in [0.1, 0.15) is 21.5 Å². The third kappa shape index (κ3) is 7.00. The third-order valence-electron chi connectivity index (χ3n) is 4.54. The van der Waals surface area contributed by atoms with Gasteiger partial charge in [-0.15, -0.1) is 0 Å². The summed E-state index contributed by atoms with van der Waals surface area (Å²) in [6.45, 7) is -0.433. The number of amides is 1. The number of benzene rings is 3. The second-order valence-corrected chi connectivity index (χ2v) is 8.76. The van der Waals surface area contributed by atoms with E-state index in [9.17, 15) is 18.0 Å². The fourth-order valence-corrected chi connectivity index (χ4v) is 3.92. The van der Waals surface area contributed by atoms with E-state index < -0.39 is 28.5 Å². The van der Waals surface area contributed by atoms with E-state index in [1.54, 1.807) is 48.5 Å². The summed E-state index contributed by atoms with van der Waals surface area (Å²) in [7, 11) is -3.85. The summed E-state index contributed by atoms with van der Waals surface area (Å²) in [4.78, 5) is 24.3. The van der Waals surface area contributed by atoms with Gasteiger partial charge in [0.05, 0.1) is 22.9 Å². The van der Waals surface area contributed by atoms with Crippen molar-refractivity contribution in [2.75, 3.05) is 11.9 Å². The SMILES string of the molecule is N#CCc1ccc(NC(=O)COC(=O)c2cccc(S(=O)(=O)NCc3ccccc3)c2)cc1. The first-order valence-electron chi connectivity index (χ1n) is 9.94. The molecular weight excluding hydrogens is 442 g/mol. The predicted octanol–water partition coefficient (Wildman–Crippen LogP) is 3.03. The molecule has 9 heteroatoms. The van der Waals surface area contributed by atoms with E-state index >= 15 is 0 Å². The lowest BCUT2D eigenvalue weighted by Crippen LogP contribution is -2.24. The number of anilines is 1. The van der Waals surface area contributed by atoms with Gasteiger partial charge in [0.1, 0.15) is 0 Å². The number of rotatable bonds is 9. The highest BCUT2D eigenvalue weighted by molar-refractivity contribution is 7.89. The van der Waals surface area contributed by atoms with Crippen molar-refractivity contribution >= 4 is 27.6 Å². The molecule has 3 aromatic rings. The molecule has 3 aromatic carbocycles. The normalized spacial score (nSPS) is 10.8. The summed E-state index contributed by atoms with van der Waals surface area (Å²) >= 11 is 0. The van der Waals surface area contributed by atoms with Crippen molar-refractivity contribution in [3.8, 4) is 6.07 Å². The topological polar surface area (TPSA) is 125 Å². The van der Waals surface area contributed by atoms with E-state index in [4.69, 9.17) is 10.00 Å². The van der Waals surface area contributed by atoms with Crippen LogP contribution in [-0.4, -0.2) is 26.9 Å². The Bertz CT molecular complexity index is 1270. The van der Waals surface area contributed by atoms with Crippen LogP contribution in [-0.2, 0) is 32.5 Å². The number of hydrogen-bond donors (Lipinski definition) is 2. The van der Waals surface area contributed by atoms with E-state index in [-0.39, 0.29) is 23.4 Å². The lowest BCUT2D eigenvalue weighted by atomic mass is 10.1. The summed E-state index contributed by atoms with van der Waals surface area (Å²) in [6.07, 6.45) is 0.266. The van der Waals surface area contributed by atoms with Gasteiger partial charge in [0, 0.05) is 12.2 Å². The Morgan fingerprint density at radius 3 is 2.33 bits per heavy atom. The zero-order chi connectivity index (χ0) is 23.7. The minimum Gasteiger partial charge on any atom is -0.452 e. The number of ether oxygens (including phenoxy) is 1. The average molecular weight is 464 g/mol. The molecule has 0 bridgehead atoms.